The molecule has 92 valence electrons. The van der Waals surface area contributed by atoms with E-state index in [9.17, 15) is 4.79 Å². The second-order valence-corrected chi connectivity index (χ2v) is 5.40. The predicted molar refractivity (Wildman–Crippen MR) is 61.6 cm³/mol. The van der Waals surface area contributed by atoms with Gasteiger partial charge in [0.05, 0.1) is 5.71 Å². The van der Waals surface area contributed by atoms with Crippen molar-refractivity contribution in [1.29, 1.82) is 0 Å². The molecule has 0 aliphatic heterocycles. The first-order valence-corrected chi connectivity index (χ1v) is 5.65. The molecule has 1 fully saturated rings. The van der Waals surface area contributed by atoms with Crippen LogP contribution in [0.2, 0.25) is 0 Å². The van der Waals surface area contributed by atoms with Crippen molar-refractivity contribution in [3.63, 3.8) is 0 Å². The third kappa shape index (κ3) is 2.06. The summed E-state index contributed by atoms with van der Waals surface area (Å²) >= 11 is 0. The fraction of sp³-hybridized carbons (Fsp3) is 0.833. The van der Waals surface area contributed by atoms with Crippen molar-refractivity contribution in [2.45, 2.75) is 53.1 Å². The topological polar surface area (TPSA) is 58.9 Å². The molecule has 0 spiro atoms. The molecule has 0 aromatic rings. The summed E-state index contributed by atoms with van der Waals surface area (Å²) in [4.78, 5) is 11.1. The molecule has 2 atom stereocenters. The minimum absolute atomic E-state index is 0.114. The van der Waals surface area contributed by atoms with Gasteiger partial charge in [-0.25, -0.2) is 0 Å². The molecule has 0 radical (unpaired) electrons. The van der Waals surface area contributed by atoms with Gasteiger partial charge in [0.25, 0.3) is 0 Å². The Kier molecular flexibility index (Phi) is 3.31. The lowest BCUT2D eigenvalue weighted by Crippen LogP contribution is -2.52. The van der Waals surface area contributed by atoms with E-state index < -0.39 is 5.60 Å². The summed E-state index contributed by atoms with van der Waals surface area (Å²) in [5, 5.41) is 12.3. The maximum absolute atomic E-state index is 11.1. The Labute approximate surface area is 96.7 Å². The van der Waals surface area contributed by atoms with Crippen LogP contribution >= 0.6 is 0 Å². The molecule has 1 saturated carbocycles. The van der Waals surface area contributed by atoms with E-state index in [2.05, 4.69) is 5.16 Å². The molecule has 1 N–H and O–H groups in total. The lowest BCUT2D eigenvalue weighted by atomic mass is 9.61. The van der Waals surface area contributed by atoms with E-state index >= 15 is 0 Å². The van der Waals surface area contributed by atoms with E-state index in [1.165, 1.54) is 6.92 Å². The second kappa shape index (κ2) is 4.07. The standard InChI is InChI=1S/C12H21NO3/c1-8-11(3,4)10(13-15)6-7-12(8,5)16-9(2)14/h8,15H,6-7H2,1-5H3/b13-10-/t8-,12+/m0/s1. The first-order chi connectivity index (χ1) is 7.24. The maximum Gasteiger partial charge on any atom is 0.303 e. The van der Waals surface area contributed by atoms with Crippen LogP contribution < -0.4 is 0 Å². The van der Waals surface area contributed by atoms with Crippen molar-refractivity contribution >= 4 is 11.7 Å². The number of nitrogens with zero attached hydrogens (tertiary/aromatic N) is 1. The average molecular weight is 227 g/mol. The molecule has 0 aromatic heterocycles. The van der Waals surface area contributed by atoms with Crippen LogP contribution in [0.4, 0.5) is 0 Å². The highest BCUT2D eigenvalue weighted by molar-refractivity contribution is 5.90. The summed E-state index contributed by atoms with van der Waals surface area (Å²) in [6, 6.07) is 0. The maximum atomic E-state index is 11.1. The van der Waals surface area contributed by atoms with Gasteiger partial charge in [0.2, 0.25) is 0 Å². The molecule has 0 saturated heterocycles. The predicted octanol–water partition coefficient (Wildman–Crippen LogP) is 2.59. The van der Waals surface area contributed by atoms with E-state index in [0.717, 1.165) is 5.71 Å². The zero-order valence-electron chi connectivity index (χ0n) is 10.7. The molecular formula is C12H21NO3. The number of oxime groups is 1. The van der Waals surface area contributed by atoms with Gasteiger partial charge in [-0.2, -0.15) is 0 Å². The number of ether oxygens (including phenoxy) is 1. The molecule has 0 unspecified atom stereocenters. The van der Waals surface area contributed by atoms with Gasteiger partial charge in [-0.3, -0.25) is 4.79 Å². The largest absolute Gasteiger partial charge is 0.459 e. The van der Waals surface area contributed by atoms with Gasteiger partial charge < -0.3 is 9.94 Å². The van der Waals surface area contributed by atoms with Crippen molar-refractivity contribution in [3.05, 3.63) is 0 Å². The molecule has 0 amide bonds. The van der Waals surface area contributed by atoms with E-state index in [4.69, 9.17) is 9.94 Å². The molecule has 0 aromatic carbocycles. The van der Waals surface area contributed by atoms with Gasteiger partial charge in [-0.05, 0) is 19.8 Å². The third-order valence-corrected chi connectivity index (χ3v) is 4.10. The minimum atomic E-state index is -0.469. The SMILES string of the molecule is CC(=O)O[C@]1(C)CC/C(=N/O)C(C)(C)[C@@H]1C. The summed E-state index contributed by atoms with van der Waals surface area (Å²) in [5.74, 6) is -0.141. The smallest absolute Gasteiger partial charge is 0.303 e. The van der Waals surface area contributed by atoms with Crippen molar-refractivity contribution in [3.8, 4) is 0 Å². The number of carbonyl (C=O) groups excluding carboxylic acids is 1. The van der Waals surface area contributed by atoms with Gasteiger partial charge in [-0.1, -0.05) is 25.9 Å². The Balaban J connectivity index is 3.00. The zero-order chi connectivity index (χ0) is 12.6. The molecular weight excluding hydrogens is 206 g/mol. The molecule has 0 heterocycles. The monoisotopic (exact) mass is 227 g/mol. The van der Waals surface area contributed by atoms with E-state index in [-0.39, 0.29) is 17.3 Å². The molecule has 4 heteroatoms. The van der Waals surface area contributed by atoms with Crippen molar-refractivity contribution < 1.29 is 14.7 Å². The normalized spacial score (nSPS) is 36.1. The van der Waals surface area contributed by atoms with E-state index in [0.29, 0.717) is 12.8 Å². The summed E-state index contributed by atoms with van der Waals surface area (Å²) in [7, 11) is 0. The zero-order valence-corrected chi connectivity index (χ0v) is 10.7. The van der Waals surface area contributed by atoms with Crippen molar-refractivity contribution in [2.24, 2.45) is 16.5 Å². The number of esters is 1. The second-order valence-electron chi connectivity index (χ2n) is 5.40. The highest BCUT2D eigenvalue weighted by atomic mass is 16.6. The fourth-order valence-electron chi connectivity index (χ4n) is 2.57. The highest BCUT2D eigenvalue weighted by Gasteiger charge is 2.49. The van der Waals surface area contributed by atoms with Gasteiger partial charge in [-0.15, -0.1) is 0 Å². The van der Waals surface area contributed by atoms with Gasteiger partial charge in [0.15, 0.2) is 0 Å². The average Bonchev–Trinajstić information content (AvgIpc) is 2.14. The van der Waals surface area contributed by atoms with E-state index in [1.807, 2.05) is 27.7 Å². The summed E-state index contributed by atoms with van der Waals surface area (Å²) in [6.07, 6.45) is 1.37. The Morgan fingerprint density at radius 1 is 1.50 bits per heavy atom. The molecule has 1 rings (SSSR count). The van der Waals surface area contributed by atoms with Crippen LogP contribution in [0.5, 0.6) is 0 Å². The molecule has 4 nitrogen and oxygen atoms in total. The van der Waals surface area contributed by atoms with Crippen LogP contribution in [0, 0.1) is 11.3 Å². The minimum Gasteiger partial charge on any atom is -0.459 e. The first kappa shape index (κ1) is 13.0. The quantitative estimate of drug-likeness (QED) is 0.425. The van der Waals surface area contributed by atoms with Crippen LogP contribution in [-0.4, -0.2) is 22.5 Å². The lowest BCUT2D eigenvalue weighted by molar-refractivity contribution is -0.166. The van der Waals surface area contributed by atoms with Crippen LogP contribution in [-0.2, 0) is 9.53 Å². The Morgan fingerprint density at radius 2 is 2.06 bits per heavy atom. The van der Waals surface area contributed by atoms with Crippen LogP contribution in [0.25, 0.3) is 0 Å². The van der Waals surface area contributed by atoms with Crippen LogP contribution in [0.15, 0.2) is 5.16 Å². The summed E-state index contributed by atoms with van der Waals surface area (Å²) in [5.41, 5.74) is 0.0606. The fourth-order valence-corrected chi connectivity index (χ4v) is 2.57. The number of carbonyl (C=O) groups is 1. The number of hydrogen-bond acceptors (Lipinski definition) is 4. The lowest BCUT2D eigenvalue weighted by Gasteiger charge is -2.48. The first-order valence-electron chi connectivity index (χ1n) is 5.65. The molecule has 16 heavy (non-hydrogen) atoms. The van der Waals surface area contributed by atoms with Gasteiger partial charge in [0, 0.05) is 18.3 Å². The van der Waals surface area contributed by atoms with Gasteiger partial charge >= 0.3 is 5.97 Å². The third-order valence-electron chi connectivity index (χ3n) is 4.10. The Morgan fingerprint density at radius 3 is 2.50 bits per heavy atom. The summed E-state index contributed by atoms with van der Waals surface area (Å²) < 4.78 is 5.44. The Hall–Kier alpha value is -1.06. The van der Waals surface area contributed by atoms with Crippen molar-refractivity contribution in [2.75, 3.05) is 0 Å². The summed E-state index contributed by atoms with van der Waals surface area (Å²) in [6.45, 7) is 9.46. The molecule has 1 aliphatic rings. The molecule has 0 bridgehead atoms. The van der Waals surface area contributed by atoms with Crippen LogP contribution in [0.1, 0.15) is 47.5 Å². The molecule has 1 aliphatic carbocycles. The highest BCUT2D eigenvalue weighted by Crippen LogP contribution is 2.46. The van der Waals surface area contributed by atoms with Gasteiger partial charge in [0.1, 0.15) is 5.60 Å². The van der Waals surface area contributed by atoms with Crippen LogP contribution in [0.3, 0.4) is 0 Å². The number of hydrogen-bond donors (Lipinski definition) is 1. The number of rotatable bonds is 1. The van der Waals surface area contributed by atoms with Crippen molar-refractivity contribution in [1.82, 2.24) is 0 Å². The van der Waals surface area contributed by atoms with E-state index in [1.54, 1.807) is 0 Å². The Bertz CT molecular complexity index is 322.